The number of halogens is 1. The summed E-state index contributed by atoms with van der Waals surface area (Å²) in [7, 11) is 3.23. The van der Waals surface area contributed by atoms with Gasteiger partial charge in [0.15, 0.2) is 4.80 Å². The molecule has 0 radical (unpaired) electrons. The molecule has 3 rings (SSSR count). The lowest BCUT2D eigenvalue weighted by Gasteiger charge is -2.10. The molecule has 6 nitrogen and oxygen atoms in total. The predicted molar refractivity (Wildman–Crippen MR) is 126 cm³/mol. The third-order valence-electron chi connectivity index (χ3n) is 4.69. The van der Waals surface area contributed by atoms with Crippen molar-refractivity contribution in [2.75, 3.05) is 33.2 Å². The van der Waals surface area contributed by atoms with Crippen LogP contribution in [0.15, 0.2) is 46.3 Å². The second-order valence-corrected chi connectivity index (χ2v) is 8.94. The van der Waals surface area contributed by atoms with Gasteiger partial charge in [-0.15, -0.1) is 11.8 Å². The Bertz CT molecular complexity index is 1110. The van der Waals surface area contributed by atoms with Crippen molar-refractivity contribution in [2.45, 2.75) is 31.2 Å². The number of methoxy groups -OCH3 is 2. The molecule has 0 atom stereocenters. The molecule has 9 heteroatoms. The van der Waals surface area contributed by atoms with Crippen LogP contribution in [0, 0.1) is 5.82 Å². The molecular formula is C23H27FN2O4S2. The Morgan fingerprint density at radius 3 is 2.53 bits per heavy atom. The van der Waals surface area contributed by atoms with Crippen molar-refractivity contribution < 1.29 is 23.4 Å². The fraction of sp³-hybridized carbons (Fsp3) is 0.391. The standard InChI is InChI=1S/C23H27FN2O4S2/c1-4-30-14-13-26-21-18(28-2)11-12-19(29-3)22(21)32-23(26)25-20(27)6-5-15-31-17-9-7-16(24)8-10-17/h7-12H,4-6,13-15H2,1-3H3. The maximum absolute atomic E-state index is 13.0. The van der Waals surface area contributed by atoms with Crippen LogP contribution < -0.4 is 14.3 Å². The number of hydrogen-bond acceptors (Lipinski definition) is 6. The molecule has 0 bridgehead atoms. The lowest BCUT2D eigenvalue weighted by molar-refractivity contribution is -0.118. The normalized spacial score (nSPS) is 11.8. The number of ether oxygens (including phenoxy) is 3. The number of thioether (sulfide) groups is 1. The number of aromatic nitrogens is 1. The van der Waals surface area contributed by atoms with Gasteiger partial charge in [-0.2, -0.15) is 4.99 Å². The fourth-order valence-electron chi connectivity index (χ4n) is 3.15. The van der Waals surface area contributed by atoms with Gasteiger partial charge in [-0.25, -0.2) is 4.39 Å². The van der Waals surface area contributed by atoms with Crippen molar-refractivity contribution in [3.63, 3.8) is 0 Å². The minimum Gasteiger partial charge on any atom is -0.495 e. The lowest BCUT2D eigenvalue weighted by Crippen LogP contribution is -2.20. The van der Waals surface area contributed by atoms with Crippen LogP contribution in [-0.2, 0) is 16.1 Å². The first-order valence-corrected chi connectivity index (χ1v) is 12.2. The van der Waals surface area contributed by atoms with Crippen LogP contribution in [0.5, 0.6) is 11.5 Å². The van der Waals surface area contributed by atoms with Crippen molar-refractivity contribution >= 4 is 39.2 Å². The summed E-state index contributed by atoms with van der Waals surface area (Å²) in [6.07, 6.45) is 1.02. The van der Waals surface area contributed by atoms with Gasteiger partial charge in [-0.3, -0.25) is 4.79 Å². The van der Waals surface area contributed by atoms with Crippen molar-refractivity contribution in [3.05, 3.63) is 47.0 Å². The van der Waals surface area contributed by atoms with Crippen molar-refractivity contribution in [3.8, 4) is 11.5 Å². The number of benzene rings is 2. The molecule has 1 amide bonds. The van der Waals surface area contributed by atoms with Crippen LogP contribution in [0.1, 0.15) is 19.8 Å². The lowest BCUT2D eigenvalue weighted by atomic mass is 10.3. The first-order chi connectivity index (χ1) is 15.6. The molecule has 2 aromatic carbocycles. The molecule has 0 spiro atoms. The number of carbonyl (C=O) groups excluding carboxylic acids is 1. The van der Waals surface area contributed by atoms with E-state index in [1.807, 2.05) is 23.6 Å². The van der Waals surface area contributed by atoms with Crippen molar-refractivity contribution in [1.82, 2.24) is 4.57 Å². The van der Waals surface area contributed by atoms with Gasteiger partial charge in [0.05, 0.1) is 20.8 Å². The molecule has 0 fully saturated rings. The minimum atomic E-state index is -0.252. The molecule has 0 aliphatic heterocycles. The van der Waals surface area contributed by atoms with E-state index >= 15 is 0 Å². The smallest absolute Gasteiger partial charge is 0.248 e. The average molecular weight is 479 g/mol. The Kier molecular flexibility index (Phi) is 9.13. The molecule has 32 heavy (non-hydrogen) atoms. The van der Waals surface area contributed by atoms with Gasteiger partial charge in [0.25, 0.3) is 0 Å². The summed E-state index contributed by atoms with van der Waals surface area (Å²) in [5.74, 6) is 1.72. The minimum absolute atomic E-state index is 0.181. The molecule has 0 aliphatic carbocycles. The summed E-state index contributed by atoms with van der Waals surface area (Å²) in [6.45, 7) is 3.60. The second-order valence-electron chi connectivity index (χ2n) is 6.79. The zero-order valence-corrected chi connectivity index (χ0v) is 20.1. The van der Waals surface area contributed by atoms with E-state index in [1.54, 1.807) is 38.1 Å². The molecule has 0 saturated carbocycles. The number of nitrogens with zero attached hydrogens (tertiary/aromatic N) is 2. The highest BCUT2D eigenvalue weighted by Crippen LogP contribution is 2.35. The third kappa shape index (κ3) is 6.11. The number of carbonyl (C=O) groups is 1. The largest absolute Gasteiger partial charge is 0.495 e. The highest BCUT2D eigenvalue weighted by atomic mass is 32.2. The molecule has 0 aliphatic rings. The van der Waals surface area contributed by atoms with Crippen LogP contribution in [-0.4, -0.2) is 43.7 Å². The van der Waals surface area contributed by atoms with Crippen LogP contribution in [0.25, 0.3) is 10.2 Å². The summed E-state index contributed by atoms with van der Waals surface area (Å²) in [6, 6.07) is 10.1. The van der Waals surface area contributed by atoms with Gasteiger partial charge < -0.3 is 18.8 Å². The molecule has 0 unspecified atom stereocenters. The Balaban J connectivity index is 1.79. The van der Waals surface area contributed by atoms with Crippen molar-refractivity contribution in [1.29, 1.82) is 0 Å². The maximum Gasteiger partial charge on any atom is 0.248 e. The summed E-state index contributed by atoms with van der Waals surface area (Å²) in [4.78, 5) is 18.6. The van der Waals surface area contributed by atoms with Gasteiger partial charge in [0.1, 0.15) is 27.5 Å². The second kappa shape index (κ2) is 12.0. The SMILES string of the molecule is CCOCCn1c(=NC(=O)CCCSc2ccc(F)cc2)sc2c(OC)ccc(OC)c21. The molecule has 1 heterocycles. The van der Waals surface area contributed by atoms with Crippen molar-refractivity contribution in [2.24, 2.45) is 4.99 Å². The van der Waals surface area contributed by atoms with Gasteiger partial charge in [0, 0.05) is 24.5 Å². The maximum atomic E-state index is 13.0. The van der Waals surface area contributed by atoms with E-state index < -0.39 is 0 Å². The monoisotopic (exact) mass is 478 g/mol. The average Bonchev–Trinajstić information content (AvgIpc) is 3.15. The van der Waals surface area contributed by atoms with E-state index in [-0.39, 0.29) is 11.7 Å². The van der Waals surface area contributed by atoms with Crippen LogP contribution >= 0.6 is 23.1 Å². The Hall–Kier alpha value is -2.36. The van der Waals surface area contributed by atoms with E-state index in [2.05, 4.69) is 4.99 Å². The third-order valence-corrected chi connectivity index (χ3v) is 6.88. The summed E-state index contributed by atoms with van der Waals surface area (Å²) >= 11 is 3.00. The van der Waals surface area contributed by atoms with Crippen LogP contribution in [0.3, 0.4) is 0 Å². The highest BCUT2D eigenvalue weighted by molar-refractivity contribution is 7.99. The Morgan fingerprint density at radius 1 is 1.12 bits per heavy atom. The Morgan fingerprint density at radius 2 is 1.84 bits per heavy atom. The fourth-order valence-corrected chi connectivity index (χ4v) is 5.19. The summed E-state index contributed by atoms with van der Waals surface area (Å²) < 4.78 is 32.4. The number of hydrogen-bond donors (Lipinski definition) is 0. The highest BCUT2D eigenvalue weighted by Gasteiger charge is 2.16. The van der Waals surface area contributed by atoms with E-state index in [1.165, 1.54) is 23.5 Å². The van der Waals surface area contributed by atoms with Gasteiger partial charge in [-0.1, -0.05) is 11.3 Å². The molecule has 0 N–H and O–H groups in total. The summed E-state index contributed by atoms with van der Waals surface area (Å²) in [5, 5.41) is 0. The van der Waals surface area contributed by atoms with Gasteiger partial charge in [-0.05, 0) is 55.5 Å². The zero-order valence-electron chi connectivity index (χ0n) is 18.4. The first-order valence-electron chi connectivity index (χ1n) is 10.3. The van der Waals surface area contributed by atoms with Crippen LogP contribution in [0.2, 0.25) is 0 Å². The topological polar surface area (TPSA) is 62.1 Å². The van der Waals surface area contributed by atoms with E-state index in [0.717, 1.165) is 20.9 Å². The number of amides is 1. The quantitative estimate of drug-likeness (QED) is 0.290. The number of fused-ring (bicyclic) bond motifs is 1. The molecule has 1 aromatic heterocycles. The van der Waals surface area contributed by atoms with Crippen LogP contribution in [0.4, 0.5) is 4.39 Å². The van der Waals surface area contributed by atoms with Gasteiger partial charge >= 0.3 is 0 Å². The predicted octanol–water partition coefficient (Wildman–Crippen LogP) is 4.90. The van der Waals surface area contributed by atoms with E-state index in [9.17, 15) is 9.18 Å². The molecular weight excluding hydrogens is 451 g/mol. The number of thiazole rings is 1. The molecule has 172 valence electrons. The molecule has 3 aromatic rings. The first kappa shape index (κ1) is 24.3. The van der Waals surface area contributed by atoms with Gasteiger partial charge in [0.2, 0.25) is 5.91 Å². The Labute approximate surface area is 195 Å². The zero-order chi connectivity index (χ0) is 22.9. The van der Waals surface area contributed by atoms with E-state index in [4.69, 9.17) is 14.2 Å². The number of rotatable bonds is 11. The summed E-state index contributed by atoms with van der Waals surface area (Å²) in [5.41, 5.74) is 0.843. The van der Waals surface area contributed by atoms with E-state index in [0.29, 0.717) is 48.9 Å². The molecule has 0 saturated heterocycles.